The maximum atomic E-state index is 13.6. The number of halogens is 1. The fourth-order valence-electron chi connectivity index (χ4n) is 5.48. The number of benzene rings is 1. The van der Waals surface area contributed by atoms with Gasteiger partial charge in [0.15, 0.2) is 0 Å². The number of carbonyl (C=O) groups is 1. The van der Waals surface area contributed by atoms with Crippen LogP contribution in [-0.2, 0) is 11.2 Å². The molecule has 3 aliphatic rings. The van der Waals surface area contributed by atoms with Gasteiger partial charge in [0.2, 0.25) is 5.91 Å². The summed E-state index contributed by atoms with van der Waals surface area (Å²) in [6.07, 6.45) is 6.76. The normalized spacial score (nSPS) is 23.7. The molecule has 1 amide bonds. The number of rotatable bonds is 4. The van der Waals surface area contributed by atoms with Crippen LogP contribution in [0.2, 0.25) is 0 Å². The first kappa shape index (κ1) is 19.6. The zero-order valence-corrected chi connectivity index (χ0v) is 19.2. The summed E-state index contributed by atoms with van der Waals surface area (Å²) < 4.78 is 1.12. The second kappa shape index (κ2) is 7.73. The average molecular weight is 458 g/mol. The van der Waals surface area contributed by atoms with Gasteiger partial charge in [0.1, 0.15) is 0 Å². The first-order valence-electron chi connectivity index (χ1n) is 11.4. The number of H-pyrrole nitrogens is 1. The number of carbonyl (C=O) groups excluding carboxylic acids is 1. The molecule has 4 nitrogen and oxygen atoms in total. The monoisotopic (exact) mass is 457 g/mol. The van der Waals surface area contributed by atoms with Crippen molar-refractivity contribution in [3.8, 4) is 0 Å². The van der Waals surface area contributed by atoms with Crippen LogP contribution in [0.4, 0.5) is 0 Å². The number of hydrogen-bond donors (Lipinski definition) is 1. The van der Waals surface area contributed by atoms with Crippen LogP contribution in [0, 0.1) is 11.8 Å². The van der Waals surface area contributed by atoms with Crippen molar-refractivity contribution in [3.63, 3.8) is 0 Å². The van der Waals surface area contributed by atoms with E-state index >= 15 is 0 Å². The third kappa shape index (κ3) is 3.76. The molecule has 2 fully saturated rings. The number of amides is 1. The van der Waals surface area contributed by atoms with Crippen LogP contribution >= 0.6 is 15.9 Å². The molecule has 3 heterocycles. The number of hydrogen-bond acceptors (Lipinski definition) is 2. The first-order valence-corrected chi connectivity index (χ1v) is 12.1. The largest absolute Gasteiger partial charge is 0.356 e. The van der Waals surface area contributed by atoms with Crippen LogP contribution in [0.15, 0.2) is 22.7 Å². The van der Waals surface area contributed by atoms with E-state index in [9.17, 15) is 4.79 Å². The molecule has 1 atom stereocenters. The first-order chi connectivity index (χ1) is 14.0. The smallest absolute Gasteiger partial charge is 0.226 e. The quantitative estimate of drug-likeness (QED) is 0.678. The van der Waals surface area contributed by atoms with E-state index < -0.39 is 0 Å². The van der Waals surface area contributed by atoms with Crippen molar-refractivity contribution in [2.24, 2.45) is 11.8 Å². The number of nitrogens with one attached hydrogen (secondary N) is 1. The molecule has 1 N–H and O–H groups in total. The second-order valence-electron chi connectivity index (χ2n) is 9.68. The summed E-state index contributed by atoms with van der Waals surface area (Å²) in [7, 11) is 0. The number of likely N-dealkylation sites (tertiary alicyclic amines) is 1. The van der Waals surface area contributed by atoms with Crippen LogP contribution in [0.25, 0.3) is 10.9 Å². The minimum Gasteiger partial charge on any atom is -0.356 e. The predicted molar refractivity (Wildman–Crippen MR) is 121 cm³/mol. The molecule has 1 unspecified atom stereocenters. The highest BCUT2D eigenvalue weighted by Crippen LogP contribution is 2.40. The van der Waals surface area contributed by atoms with Crippen LogP contribution < -0.4 is 0 Å². The molecule has 1 aliphatic carbocycles. The molecule has 29 heavy (non-hydrogen) atoms. The minimum absolute atomic E-state index is 0.180. The molecular formula is C24H32BrN3O. The Morgan fingerprint density at radius 1 is 1.17 bits per heavy atom. The standard InChI is InChI=1S/C24H32BrN3O/c1-15(2)13-22-23-19(20-14-17(25)3-6-21(20)26-23)9-12-28(22)24(29)16-7-10-27(11-8-16)18-4-5-18/h3,6,14-16,18,22,26H,4-5,7-13H2,1-2H3. The van der Waals surface area contributed by atoms with Crippen molar-refractivity contribution in [1.82, 2.24) is 14.8 Å². The van der Waals surface area contributed by atoms with Crippen LogP contribution in [0.1, 0.15) is 63.3 Å². The van der Waals surface area contributed by atoms with E-state index in [0.717, 1.165) is 55.8 Å². The Labute approximate surface area is 182 Å². The van der Waals surface area contributed by atoms with E-state index in [4.69, 9.17) is 0 Å². The molecule has 1 aromatic carbocycles. The van der Waals surface area contributed by atoms with Crippen LogP contribution in [0.5, 0.6) is 0 Å². The lowest BCUT2D eigenvalue weighted by atomic mass is 9.88. The molecule has 1 saturated heterocycles. The number of fused-ring (bicyclic) bond motifs is 3. The van der Waals surface area contributed by atoms with E-state index in [1.54, 1.807) is 0 Å². The van der Waals surface area contributed by atoms with Gasteiger partial charge < -0.3 is 14.8 Å². The highest BCUT2D eigenvalue weighted by atomic mass is 79.9. The predicted octanol–water partition coefficient (Wildman–Crippen LogP) is 5.28. The van der Waals surface area contributed by atoms with Gasteiger partial charge >= 0.3 is 0 Å². The Hall–Kier alpha value is -1.33. The van der Waals surface area contributed by atoms with Crippen LogP contribution in [0.3, 0.4) is 0 Å². The Balaban J connectivity index is 1.41. The van der Waals surface area contributed by atoms with Crippen molar-refractivity contribution in [1.29, 1.82) is 0 Å². The highest BCUT2D eigenvalue weighted by molar-refractivity contribution is 9.10. The summed E-state index contributed by atoms with van der Waals surface area (Å²) in [5.41, 5.74) is 3.89. The van der Waals surface area contributed by atoms with Gasteiger partial charge in [-0.3, -0.25) is 4.79 Å². The fourth-order valence-corrected chi connectivity index (χ4v) is 5.84. The van der Waals surface area contributed by atoms with Gasteiger partial charge in [-0.2, -0.15) is 0 Å². The summed E-state index contributed by atoms with van der Waals surface area (Å²) in [4.78, 5) is 22.1. The maximum Gasteiger partial charge on any atom is 0.226 e. The van der Waals surface area contributed by atoms with Crippen molar-refractivity contribution < 1.29 is 4.79 Å². The highest BCUT2D eigenvalue weighted by Gasteiger charge is 2.39. The summed E-state index contributed by atoms with van der Waals surface area (Å²) in [6, 6.07) is 7.48. The molecule has 2 aromatic rings. The molecule has 0 spiro atoms. The van der Waals surface area contributed by atoms with E-state index in [-0.39, 0.29) is 12.0 Å². The maximum absolute atomic E-state index is 13.6. The number of piperidine rings is 1. The Morgan fingerprint density at radius 2 is 1.93 bits per heavy atom. The molecule has 5 heteroatoms. The Bertz CT molecular complexity index is 908. The molecular weight excluding hydrogens is 426 g/mol. The van der Waals surface area contributed by atoms with Crippen molar-refractivity contribution in [2.75, 3.05) is 19.6 Å². The minimum atomic E-state index is 0.180. The third-order valence-electron chi connectivity index (χ3n) is 7.13. The Morgan fingerprint density at radius 3 is 2.62 bits per heavy atom. The molecule has 1 saturated carbocycles. The zero-order valence-electron chi connectivity index (χ0n) is 17.6. The topological polar surface area (TPSA) is 39.3 Å². The van der Waals surface area contributed by atoms with Crippen molar-refractivity contribution in [3.05, 3.63) is 33.9 Å². The van der Waals surface area contributed by atoms with E-state index in [1.807, 2.05) is 0 Å². The van der Waals surface area contributed by atoms with E-state index in [1.165, 1.54) is 35.0 Å². The van der Waals surface area contributed by atoms with Gasteiger partial charge in [-0.15, -0.1) is 0 Å². The fraction of sp³-hybridized carbons (Fsp3) is 0.625. The molecule has 1 aromatic heterocycles. The van der Waals surface area contributed by atoms with E-state index in [0.29, 0.717) is 11.8 Å². The van der Waals surface area contributed by atoms with Crippen molar-refractivity contribution >= 4 is 32.7 Å². The van der Waals surface area contributed by atoms with Gasteiger partial charge in [0.25, 0.3) is 0 Å². The van der Waals surface area contributed by atoms with Gasteiger partial charge in [-0.05, 0) is 81.3 Å². The zero-order chi connectivity index (χ0) is 20.1. The molecule has 156 valence electrons. The number of aromatic nitrogens is 1. The molecule has 0 radical (unpaired) electrons. The summed E-state index contributed by atoms with van der Waals surface area (Å²) in [6.45, 7) is 7.60. The summed E-state index contributed by atoms with van der Waals surface area (Å²) >= 11 is 3.62. The molecule has 0 bridgehead atoms. The lowest BCUT2D eigenvalue weighted by Crippen LogP contribution is -2.47. The molecule has 5 rings (SSSR count). The second-order valence-corrected chi connectivity index (χ2v) is 10.6. The summed E-state index contributed by atoms with van der Waals surface area (Å²) in [5.74, 6) is 1.16. The van der Waals surface area contributed by atoms with Gasteiger partial charge in [-0.1, -0.05) is 29.8 Å². The van der Waals surface area contributed by atoms with Gasteiger partial charge in [0.05, 0.1) is 6.04 Å². The van der Waals surface area contributed by atoms with Crippen LogP contribution in [-0.4, -0.2) is 46.4 Å². The Kier molecular flexibility index (Phi) is 5.23. The number of aromatic amines is 1. The SMILES string of the molecule is CC(C)CC1c2[nH]c3ccc(Br)cc3c2CCN1C(=O)C1CCN(C2CC2)CC1. The number of nitrogens with zero attached hydrogens (tertiary/aromatic N) is 2. The van der Waals surface area contributed by atoms with Crippen molar-refractivity contribution in [2.45, 2.75) is 64.5 Å². The summed E-state index contributed by atoms with van der Waals surface area (Å²) in [5, 5.41) is 1.31. The lowest BCUT2D eigenvalue weighted by Gasteiger charge is -2.40. The lowest BCUT2D eigenvalue weighted by molar-refractivity contribution is -0.140. The van der Waals surface area contributed by atoms with Gasteiger partial charge in [0, 0.05) is 39.6 Å². The third-order valence-corrected chi connectivity index (χ3v) is 7.63. The van der Waals surface area contributed by atoms with Gasteiger partial charge in [-0.25, -0.2) is 0 Å². The molecule has 2 aliphatic heterocycles. The van der Waals surface area contributed by atoms with E-state index in [2.05, 4.69) is 62.8 Å². The average Bonchev–Trinajstić information content (AvgIpc) is 3.49.